The molecule has 0 spiro atoms. The van der Waals surface area contributed by atoms with Gasteiger partial charge < -0.3 is 10.5 Å². The van der Waals surface area contributed by atoms with Crippen LogP contribution < -0.4 is 10.5 Å². The molecule has 2 aromatic rings. The third kappa shape index (κ3) is 2.35. The van der Waals surface area contributed by atoms with Gasteiger partial charge in [0.2, 0.25) is 0 Å². The van der Waals surface area contributed by atoms with Gasteiger partial charge in [-0.25, -0.2) is 0 Å². The predicted molar refractivity (Wildman–Crippen MR) is 75.8 cm³/mol. The van der Waals surface area contributed by atoms with Gasteiger partial charge in [-0.2, -0.15) is 0 Å². The number of Topliss-reactive ketones (excluding diaryl/α,β-unsaturated/α-hetero) is 1. The van der Waals surface area contributed by atoms with E-state index in [9.17, 15) is 4.79 Å². The summed E-state index contributed by atoms with van der Waals surface area (Å²) in [7, 11) is 0. The molecular formula is C15H14ClNO2. The Morgan fingerprint density at radius 3 is 2.32 bits per heavy atom. The van der Waals surface area contributed by atoms with Crippen molar-refractivity contribution in [3.63, 3.8) is 0 Å². The minimum absolute atomic E-state index is 0. The summed E-state index contributed by atoms with van der Waals surface area (Å²) in [5.74, 6) is 0.545. The number of ether oxygens (including phenoxy) is 1. The van der Waals surface area contributed by atoms with Gasteiger partial charge in [0, 0.05) is 0 Å². The van der Waals surface area contributed by atoms with Crippen LogP contribution in [0.25, 0.3) is 0 Å². The maximum atomic E-state index is 12.2. The number of benzene rings is 2. The van der Waals surface area contributed by atoms with E-state index in [1.54, 1.807) is 12.1 Å². The van der Waals surface area contributed by atoms with Crippen molar-refractivity contribution < 1.29 is 9.53 Å². The van der Waals surface area contributed by atoms with Crippen molar-refractivity contribution in [2.45, 2.75) is 12.1 Å². The molecule has 2 unspecified atom stereocenters. The summed E-state index contributed by atoms with van der Waals surface area (Å²) in [5.41, 5.74) is 7.49. The highest BCUT2D eigenvalue weighted by Crippen LogP contribution is 2.33. The van der Waals surface area contributed by atoms with Gasteiger partial charge in [-0.05, 0) is 17.7 Å². The third-order valence-electron chi connectivity index (χ3n) is 3.16. The van der Waals surface area contributed by atoms with Gasteiger partial charge in [0.1, 0.15) is 17.9 Å². The average molecular weight is 276 g/mol. The first kappa shape index (κ1) is 13.6. The summed E-state index contributed by atoms with van der Waals surface area (Å²) in [5, 5.41) is 0. The van der Waals surface area contributed by atoms with Crippen LogP contribution in [0.5, 0.6) is 5.75 Å². The number of fused-ring (bicyclic) bond motifs is 1. The summed E-state index contributed by atoms with van der Waals surface area (Å²) in [6.07, 6.45) is -0.409. The molecule has 0 saturated carbocycles. The second-order valence-corrected chi connectivity index (χ2v) is 4.34. The van der Waals surface area contributed by atoms with Crippen molar-refractivity contribution in [2.24, 2.45) is 5.73 Å². The fourth-order valence-corrected chi connectivity index (χ4v) is 2.22. The summed E-state index contributed by atoms with van der Waals surface area (Å²) in [6.45, 7) is 0. The van der Waals surface area contributed by atoms with Crippen LogP contribution in [-0.2, 0) is 0 Å². The molecule has 1 aliphatic heterocycles. The standard InChI is InChI=1S/C15H13NO2.ClH/c16-13-14(17)11-8-4-5-9-12(11)18-15(13)10-6-2-1-3-7-10;/h1-9,13,15H,16H2;1H. The van der Waals surface area contributed by atoms with E-state index >= 15 is 0 Å². The molecule has 1 heterocycles. The predicted octanol–water partition coefficient (Wildman–Crippen LogP) is 2.75. The molecule has 19 heavy (non-hydrogen) atoms. The molecule has 3 nitrogen and oxygen atoms in total. The van der Waals surface area contributed by atoms with E-state index in [2.05, 4.69) is 0 Å². The fourth-order valence-electron chi connectivity index (χ4n) is 2.22. The summed E-state index contributed by atoms with van der Waals surface area (Å²) in [6, 6.07) is 16.2. The average Bonchev–Trinajstić information content (AvgIpc) is 2.44. The lowest BCUT2D eigenvalue weighted by molar-refractivity contribution is 0.0789. The van der Waals surface area contributed by atoms with E-state index in [-0.39, 0.29) is 18.2 Å². The Labute approximate surface area is 117 Å². The third-order valence-corrected chi connectivity index (χ3v) is 3.16. The number of carbonyl (C=O) groups is 1. The van der Waals surface area contributed by atoms with E-state index in [0.29, 0.717) is 11.3 Å². The lowest BCUT2D eigenvalue weighted by atomic mass is 9.92. The summed E-state index contributed by atoms with van der Waals surface area (Å²) < 4.78 is 5.85. The maximum absolute atomic E-state index is 12.2. The molecule has 1 aliphatic rings. The molecule has 4 heteroatoms. The fraction of sp³-hybridized carbons (Fsp3) is 0.133. The Morgan fingerprint density at radius 1 is 0.947 bits per heavy atom. The maximum Gasteiger partial charge on any atom is 0.187 e. The van der Waals surface area contributed by atoms with Crippen molar-refractivity contribution >= 4 is 18.2 Å². The minimum atomic E-state index is -0.651. The molecule has 0 amide bonds. The van der Waals surface area contributed by atoms with Crippen LogP contribution in [0, 0.1) is 0 Å². The second kappa shape index (κ2) is 5.43. The van der Waals surface area contributed by atoms with Crippen molar-refractivity contribution in [3.8, 4) is 5.75 Å². The zero-order chi connectivity index (χ0) is 12.5. The smallest absolute Gasteiger partial charge is 0.187 e. The summed E-state index contributed by atoms with van der Waals surface area (Å²) in [4.78, 5) is 12.2. The normalized spacial score (nSPS) is 21.0. The van der Waals surface area contributed by atoms with Gasteiger partial charge in [-0.3, -0.25) is 4.79 Å². The molecule has 0 aromatic heterocycles. The molecular weight excluding hydrogens is 262 g/mol. The number of rotatable bonds is 1. The molecule has 2 atom stereocenters. The first-order valence-electron chi connectivity index (χ1n) is 5.88. The van der Waals surface area contributed by atoms with Gasteiger partial charge in [-0.15, -0.1) is 12.4 Å². The van der Waals surface area contributed by atoms with Gasteiger partial charge in [-0.1, -0.05) is 42.5 Å². The van der Waals surface area contributed by atoms with E-state index in [0.717, 1.165) is 5.56 Å². The Hall–Kier alpha value is -1.84. The van der Waals surface area contributed by atoms with E-state index in [1.165, 1.54) is 0 Å². The number of ketones is 1. The molecule has 2 N–H and O–H groups in total. The Balaban J connectivity index is 0.00000133. The Morgan fingerprint density at radius 2 is 1.58 bits per heavy atom. The Kier molecular flexibility index (Phi) is 3.88. The van der Waals surface area contributed by atoms with Crippen LogP contribution in [0.4, 0.5) is 0 Å². The van der Waals surface area contributed by atoms with Crippen molar-refractivity contribution in [1.82, 2.24) is 0 Å². The van der Waals surface area contributed by atoms with Crippen LogP contribution in [0.2, 0.25) is 0 Å². The van der Waals surface area contributed by atoms with Crippen LogP contribution in [0.15, 0.2) is 54.6 Å². The van der Waals surface area contributed by atoms with Crippen LogP contribution >= 0.6 is 12.4 Å². The zero-order valence-electron chi connectivity index (χ0n) is 10.2. The summed E-state index contributed by atoms with van der Waals surface area (Å²) >= 11 is 0. The first-order chi connectivity index (χ1) is 8.77. The molecule has 0 fully saturated rings. The van der Waals surface area contributed by atoms with Gasteiger partial charge in [0.05, 0.1) is 5.56 Å². The monoisotopic (exact) mass is 275 g/mol. The van der Waals surface area contributed by atoms with Crippen molar-refractivity contribution in [3.05, 3.63) is 65.7 Å². The molecule has 2 aromatic carbocycles. The van der Waals surface area contributed by atoms with Crippen LogP contribution in [-0.4, -0.2) is 11.8 Å². The van der Waals surface area contributed by atoms with Crippen molar-refractivity contribution in [2.75, 3.05) is 0 Å². The first-order valence-corrected chi connectivity index (χ1v) is 5.88. The highest BCUT2D eigenvalue weighted by atomic mass is 35.5. The highest BCUT2D eigenvalue weighted by Gasteiger charge is 2.35. The molecule has 3 rings (SSSR count). The number of para-hydroxylation sites is 1. The van der Waals surface area contributed by atoms with Crippen molar-refractivity contribution in [1.29, 1.82) is 0 Å². The largest absolute Gasteiger partial charge is 0.483 e. The van der Waals surface area contributed by atoms with E-state index in [4.69, 9.17) is 10.5 Å². The lowest BCUT2D eigenvalue weighted by Crippen LogP contribution is -2.42. The SMILES string of the molecule is Cl.NC1C(=O)c2ccccc2OC1c1ccccc1. The topological polar surface area (TPSA) is 52.3 Å². The molecule has 98 valence electrons. The number of hydrogen-bond acceptors (Lipinski definition) is 3. The molecule has 0 aliphatic carbocycles. The highest BCUT2D eigenvalue weighted by molar-refractivity contribution is 6.03. The molecule has 0 radical (unpaired) electrons. The van der Waals surface area contributed by atoms with Gasteiger partial charge in [0.15, 0.2) is 5.78 Å². The van der Waals surface area contributed by atoms with E-state index < -0.39 is 12.1 Å². The second-order valence-electron chi connectivity index (χ2n) is 4.34. The van der Waals surface area contributed by atoms with Crippen LogP contribution in [0.3, 0.4) is 0 Å². The number of hydrogen-bond donors (Lipinski definition) is 1. The van der Waals surface area contributed by atoms with Gasteiger partial charge >= 0.3 is 0 Å². The van der Waals surface area contributed by atoms with Crippen LogP contribution in [0.1, 0.15) is 22.0 Å². The minimum Gasteiger partial charge on any atom is -0.483 e. The molecule has 0 saturated heterocycles. The van der Waals surface area contributed by atoms with Gasteiger partial charge in [0.25, 0.3) is 0 Å². The quantitative estimate of drug-likeness (QED) is 0.871. The number of carbonyl (C=O) groups excluding carboxylic acids is 1. The Bertz CT molecular complexity index is 586. The molecule has 0 bridgehead atoms. The number of nitrogens with two attached hydrogens (primary N) is 1. The van der Waals surface area contributed by atoms with E-state index in [1.807, 2.05) is 42.5 Å². The zero-order valence-corrected chi connectivity index (χ0v) is 11.0. The lowest BCUT2D eigenvalue weighted by Gasteiger charge is -2.30. The number of halogens is 1.